The van der Waals surface area contributed by atoms with E-state index in [2.05, 4.69) is 54.1 Å². The van der Waals surface area contributed by atoms with Crippen molar-refractivity contribution in [3.8, 4) is 0 Å². The van der Waals surface area contributed by atoms with Gasteiger partial charge in [0.15, 0.2) is 0 Å². The zero-order valence-corrected chi connectivity index (χ0v) is 25.2. The number of pyridine rings is 1. The topological polar surface area (TPSA) is 67.2 Å². The highest BCUT2D eigenvalue weighted by molar-refractivity contribution is 5.86. The summed E-state index contributed by atoms with van der Waals surface area (Å²) in [4.78, 5) is 19.0. The summed E-state index contributed by atoms with van der Waals surface area (Å²) in [5.41, 5.74) is 9.73. The first-order chi connectivity index (χ1) is 20.5. The van der Waals surface area contributed by atoms with Crippen molar-refractivity contribution in [2.45, 2.75) is 96.6 Å². The number of benzene rings is 2. The van der Waals surface area contributed by atoms with Crippen molar-refractivity contribution in [3.05, 3.63) is 99.9 Å². The molecule has 2 atom stereocenters. The number of aliphatic hydroxyl groups excluding tert-OH is 1. The van der Waals surface area contributed by atoms with Crippen LogP contribution in [0.25, 0.3) is 11.0 Å². The predicted octanol–water partition coefficient (Wildman–Crippen LogP) is 7.48. The molecular formula is C37H45N3O2. The smallest absolute Gasteiger partial charge is 0.228 e. The minimum Gasteiger partial charge on any atom is -0.394 e. The fourth-order valence-electron chi connectivity index (χ4n) is 7.62. The van der Waals surface area contributed by atoms with Gasteiger partial charge >= 0.3 is 0 Å². The molecule has 0 radical (unpaired) electrons. The first kappa shape index (κ1) is 28.7. The molecule has 42 heavy (non-hydrogen) atoms. The highest BCUT2D eigenvalue weighted by atomic mass is 16.3. The van der Waals surface area contributed by atoms with E-state index in [9.17, 15) is 9.90 Å². The van der Waals surface area contributed by atoms with Crippen LogP contribution in [0.15, 0.2) is 60.7 Å². The fraction of sp³-hybridized carbons (Fsp3) is 0.459. The van der Waals surface area contributed by atoms with Crippen LogP contribution >= 0.6 is 0 Å². The number of nitrogens with zero attached hydrogens (tertiary/aromatic N) is 2. The number of aromatic nitrogens is 2. The van der Waals surface area contributed by atoms with Gasteiger partial charge in [0.05, 0.1) is 18.6 Å². The van der Waals surface area contributed by atoms with Gasteiger partial charge in [0.2, 0.25) is 5.91 Å². The van der Waals surface area contributed by atoms with Crippen molar-refractivity contribution in [1.82, 2.24) is 14.9 Å². The van der Waals surface area contributed by atoms with Gasteiger partial charge < -0.3 is 15.0 Å². The number of rotatable bonds is 8. The SMILES string of the molecule is Cc1cc(C)c2c3c(n(Cc4ccc(C(C(=O)NC(CO)c5ccccc5)C5CCCCCC5)cc4)c2n1)CCCC3. The van der Waals surface area contributed by atoms with Crippen LogP contribution in [0.1, 0.15) is 103 Å². The minimum absolute atomic E-state index is 0.0261. The first-order valence-electron chi connectivity index (χ1n) is 16.1. The molecule has 2 aromatic carbocycles. The molecule has 4 aromatic rings. The third-order valence-corrected chi connectivity index (χ3v) is 9.68. The van der Waals surface area contributed by atoms with E-state index in [-0.39, 0.29) is 18.4 Å². The number of carbonyl (C=O) groups is 1. The molecule has 2 aromatic heterocycles. The van der Waals surface area contributed by atoms with Crippen LogP contribution in [-0.2, 0) is 24.2 Å². The highest BCUT2D eigenvalue weighted by Crippen LogP contribution is 2.37. The monoisotopic (exact) mass is 563 g/mol. The molecule has 2 N–H and O–H groups in total. The zero-order valence-electron chi connectivity index (χ0n) is 25.2. The average molecular weight is 564 g/mol. The predicted molar refractivity (Wildman–Crippen MR) is 170 cm³/mol. The molecule has 1 saturated carbocycles. The van der Waals surface area contributed by atoms with Crippen LogP contribution in [-0.4, -0.2) is 27.2 Å². The minimum atomic E-state index is -0.404. The maximum atomic E-state index is 14.0. The lowest BCUT2D eigenvalue weighted by Crippen LogP contribution is -2.37. The molecule has 5 heteroatoms. The number of hydrogen-bond donors (Lipinski definition) is 2. The zero-order chi connectivity index (χ0) is 29.1. The van der Waals surface area contributed by atoms with Crippen molar-refractivity contribution >= 4 is 16.9 Å². The van der Waals surface area contributed by atoms with E-state index in [1.54, 1.807) is 0 Å². The van der Waals surface area contributed by atoms with E-state index in [1.165, 1.54) is 66.3 Å². The summed E-state index contributed by atoms with van der Waals surface area (Å²) in [5, 5.41) is 14.7. The van der Waals surface area contributed by atoms with Crippen molar-refractivity contribution in [2.24, 2.45) is 5.92 Å². The molecule has 2 heterocycles. The Labute approximate surface area is 250 Å². The van der Waals surface area contributed by atoms with Gasteiger partial charge in [-0.3, -0.25) is 4.79 Å². The molecule has 0 aliphatic heterocycles. The van der Waals surface area contributed by atoms with E-state index in [0.29, 0.717) is 5.92 Å². The number of fused-ring (bicyclic) bond motifs is 3. The largest absolute Gasteiger partial charge is 0.394 e. The second-order valence-electron chi connectivity index (χ2n) is 12.6. The van der Waals surface area contributed by atoms with Gasteiger partial charge in [-0.2, -0.15) is 0 Å². The van der Waals surface area contributed by atoms with Gasteiger partial charge in [0, 0.05) is 23.3 Å². The highest BCUT2D eigenvalue weighted by Gasteiger charge is 2.32. The van der Waals surface area contributed by atoms with Crippen LogP contribution in [0.5, 0.6) is 0 Å². The number of carbonyl (C=O) groups excluding carboxylic acids is 1. The molecular weight excluding hydrogens is 518 g/mol. The van der Waals surface area contributed by atoms with Gasteiger partial charge in [-0.05, 0) is 92.2 Å². The Balaban J connectivity index is 1.30. The lowest BCUT2D eigenvalue weighted by molar-refractivity contribution is -0.125. The molecule has 5 nitrogen and oxygen atoms in total. The number of hydrogen-bond acceptors (Lipinski definition) is 3. The third kappa shape index (κ3) is 5.89. The van der Waals surface area contributed by atoms with Crippen LogP contribution in [0.2, 0.25) is 0 Å². The van der Waals surface area contributed by atoms with Gasteiger partial charge in [0.1, 0.15) is 5.65 Å². The molecule has 6 rings (SSSR count). The number of amides is 1. The maximum absolute atomic E-state index is 14.0. The van der Waals surface area contributed by atoms with Crippen molar-refractivity contribution in [3.63, 3.8) is 0 Å². The van der Waals surface area contributed by atoms with Gasteiger partial charge in [-0.1, -0.05) is 80.3 Å². The number of aryl methyl sites for hydroxylation is 3. The lowest BCUT2D eigenvalue weighted by Gasteiger charge is -2.28. The third-order valence-electron chi connectivity index (χ3n) is 9.68. The van der Waals surface area contributed by atoms with E-state index >= 15 is 0 Å². The Kier molecular flexibility index (Phi) is 8.76. The van der Waals surface area contributed by atoms with Crippen molar-refractivity contribution in [1.29, 1.82) is 0 Å². The summed E-state index contributed by atoms with van der Waals surface area (Å²) in [7, 11) is 0. The van der Waals surface area contributed by atoms with E-state index in [0.717, 1.165) is 54.7 Å². The molecule has 220 valence electrons. The average Bonchev–Trinajstić information content (AvgIpc) is 3.13. The maximum Gasteiger partial charge on any atom is 0.228 e. The van der Waals surface area contributed by atoms with Crippen LogP contribution in [0.3, 0.4) is 0 Å². The summed E-state index contributed by atoms with van der Waals surface area (Å²) in [6.45, 7) is 5.00. The Bertz CT molecular complexity index is 1510. The molecule has 0 saturated heterocycles. The van der Waals surface area contributed by atoms with Crippen molar-refractivity contribution < 1.29 is 9.90 Å². The van der Waals surface area contributed by atoms with E-state index in [4.69, 9.17) is 4.98 Å². The Morgan fingerprint density at radius 3 is 2.36 bits per heavy atom. The molecule has 0 spiro atoms. The van der Waals surface area contributed by atoms with Crippen LogP contribution < -0.4 is 5.32 Å². The normalized spacial score (nSPS) is 17.4. The van der Waals surface area contributed by atoms with Gasteiger partial charge in [0.25, 0.3) is 0 Å². The molecule has 2 aliphatic carbocycles. The van der Waals surface area contributed by atoms with Crippen LogP contribution in [0.4, 0.5) is 0 Å². The first-order valence-corrected chi connectivity index (χ1v) is 16.1. The number of nitrogens with one attached hydrogen (secondary N) is 1. The lowest BCUT2D eigenvalue weighted by atomic mass is 9.80. The van der Waals surface area contributed by atoms with Gasteiger partial charge in [-0.25, -0.2) is 4.98 Å². The van der Waals surface area contributed by atoms with Crippen molar-refractivity contribution in [2.75, 3.05) is 6.61 Å². The quantitative estimate of drug-likeness (QED) is 0.218. The summed E-state index contributed by atoms with van der Waals surface area (Å²) >= 11 is 0. The summed E-state index contributed by atoms with van der Waals surface area (Å²) in [5.74, 6) is 0.115. The second kappa shape index (κ2) is 12.8. The Morgan fingerprint density at radius 2 is 1.64 bits per heavy atom. The number of aliphatic hydroxyl groups is 1. The Morgan fingerprint density at radius 1 is 0.929 bits per heavy atom. The molecule has 0 bridgehead atoms. The fourth-order valence-corrected chi connectivity index (χ4v) is 7.62. The summed E-state index contributed by atoms with van der Waals surface area (Å²) < 4.78 is 2.46. The standard InChI is InChI=1S/C37H45N3O2/c1-25-22-26(2)38-36-34(25)31-16-10-11-17-33(31)40(36)23-27-18-20-30(21-19-27)35(29-14-6-3-4-7-15-29)37(42)39-32(24-41)28-12-8-5-9-13-28/h5,8-9,12-13,18-22,29,32,35,41H,3-4,6-7,10-11,14-17,23-24H2,1-2H3,(H,39,42). The summed E-state index contributed by atoms with van der Waals surface area (Å²) in [6.07, 6.45) is 11.7. The molecule has 1 amide bonds. The summed E-state index contributed by atoms with van der Waals surface area (Å²) in [6, 6.07) is 20.4. The molecule has 1 fully saturated rings. The van der Waals surface area contributed by atoms with Gasteiger partial charge in [-0.15, -0.1) is 0 Å². The second-order valence-corrected chi connectivity index (χ2v) is 12.6. The Hall–Kier alpha value is -3.44. The van der Waals surface area contributed by atoms with Crippen LogP contribution in [0, 0.1) is 19.8 Å². The molecule has 2 aliphatic rings. The van der Waals surface area contributed by atoms with E-state index < -0.39 is 6.04 Å². The molecule has 2 unspecified atom stereocenters. The van der Waals surface area contributed by atoms with E-state index in [1.807, 2.05) is 30.3 Å².